The van der Waals surface area contributed by atoms with Crippen molar-refractivity contribution in [2.24, 2.45) is 0 Å². The van der Waals surface area contributed by atoms with Crippen LogP contribution in [0.1, 0.15) is 36.2 Å². The molecule has 2 unspecified atom stereocenters. The number of hydrogen-bond acceptors (Lipinski definition) is 4. The molecule has 1 aromatic heterocycles. The van der Waals surface area contributed by atoms with E-state index in [2.05, 4.69) is 5.32 Å². The smallest absolute Gasteiger partial charge is 0.120 e. The lowest BCUT2D eigenvalue weighted by atomic mass is 10.1. The first-order valence-corrected chi connectivity index (χ1v) is 6.72. The highest BCUT2D eigenvalue weighted by atomic mass is 16.5. The lowest BCUT2D eigenvalue weighted by Crippen LogP contribution is -2.24. The summed E-state index contributed by atoms with van der Waals surface area (Å²) < 4.78 is 10.7. The molecule has 0 saturated carbocycles. The largest absolute Gasteiger partial charge is 0.497 e. The summed E-state index contributed by atoms with van der Waals surface area (Å²) in [5, 5.41) is 13.5. The van der Waals surface area contributed by atoms with Crippen molar-refractivity contribution >= 4 is 0 Å². The number of aryl methyl sites for hydroxylation is 1. The van der Waals surface area contributed by atoms with Gasteiger partial charge in [0.1, 0.15) is 17.3 Å². The van der Waals surface area contributed by atoms with E-state index in [1.807, 2.05) is 50.2 Å². The lowest BCUT2D eigenvalue weighted by Gasteiger charge is -2.16. The number of furan rings is 1. The first kappa shape index (κ1) is 14.6. The van der Waals surface area contributed by atoms with Gasteiger partial charge in [0.15, 0.2) is 0 Å². The number of rotatable bonds is 6. The topological polar surface area (TPSA) is 54.6 Å². The van der Waals surface area contributed by atoms with Crippen LogP contribution in [-0.4, -0.2) is 18.8 Å². The second kappa shape index (κ2) is 6.59. The molecule has 1 heterocycles. The monoisotopic (exact) mass is 275 g/mol. The maximum absolute atomic E-state index is 10.2. The van der Waals surface area contributed by atoms with Crippen molar-refractivity contribution in [2.75, 3.05) is 13.7 Å². The van der Waals surface area contributed by atoms with Gasteiger partial charge >= 0.3 is 0 Å². The fourth-order valence-electron chi connectivity index (χ4n) is 2.04. The van der Waals surface area contributed by atoms with Crippen molar-refractivity contribution in [3.05, 3.63) is 53.5 Å². The molecule has 0 amide bonds. The summed E-state index contributed by atoms with van der Waals surface area (Å²) in [4.78, 5) is 0. The summed E-state index contributed by atoms with van der Waals surface area (Å²) in [6.45, 7) is 4.38. The van der Waals surface area contributed by atoms with Crippen LogP contribution in [0, 0.1) is 6.92 Å². The average molecular weight is 275 g/mol. The zero-order chi connectivity index (χ0) is 14.5. The van der Waals surface area contributed by atoms with E-state index >= 15 is 0 Å². The number of aliphatic hydroxyl groups is 1. The standard InChI is InChI=1S/C16H21NO3/c1-11-7-8-16(20-11)12(2)17-10-15(18)13-5-4-6-14(9-13)19-3/h4-9,12,15,17-18H,10H2,1-3H3. The molecule has 2 rings (SSSR count). The van der Waals surface area contributed by atoms with Gasteiger partial charge in [-0.25, -0.2) is 0 Å². The molecule has 4 heteroatoms. The molecule has 0 aliphatic heterocycles. The highest BCUT2D eigenvalue weighted by molar-refractivity contribution is 5.29. The molecular formula is C16H21NO3. The van der Waals surface area contributed by atoms with E-state index < -0.39 is 6.10 Å². The molecular weight excluding hydrogens is 254 g/mol. The summed E-state index contributed by atoms with van der Waals surface area (Å²) >= 11 is 0. The van der Waals surface area contributed by atoms with Crippen LogP contribution < -0.4 is 10.1 Å². The van der Waals surface area contributed by atoms with E-state index in [0.29, 0.717) is 6.54 Å². The summed E-state index contributed by atoms with van der Waals surface area (Å²) in [7, 11) is 1.62. The number of hydrogen-bond donors (Lipinski definition) is 2. The fraction of sp³-hybridized carbons (Fsp3) is 0.375. The summed E-state index contributed by atoms with van der Waals surface area (Å²) in [5.41, 5.74) is 0.833. The van der Waals surface area contributed by atoms with E-state index in [0.717, 1.165) is 22.8 Å². The molecule has 0 fully saturated rings. The second-order valence-corrected chi connectivity index (χ2v) is 4.87. The van der Waals surface area contributed by atoms with Crippen LogP contribution in [0.5, 0.6) is 5.75 Å². The van der Waals surface area contributed by atoms with Crippen molar-refractivity contribution in [2.45, 2.75) is 26.0 Å². The van der Waals surface area contributed by atoms with Gasteiger partial charge < -0.3 is 19.6 Å². The highest BCUT2D eigenvalue weighted by Gasteiger charge is 2.13. The van der Waals surface area contributed by atoms with Gasteiger partial charge in [-0.1, -0.05) is 12.1 Å². The third-order valence-electron chi connectivity index (χ3n) is 3.28. The normalized spacial score (nSPS) is 14.0. The molecule has 4 nitrogen and oxygen atoms in total. The Bertz CT molecular complexity index is 550. The molecule has 2 atom stereocenters. The summed E-state index contributed by atoms with van der Waals surface area (Å²) in [6.07, 6.45) is -0.580. The first-order chi connectivity index (χ1) is 9.60. The van der Waals surface area contributed by atoms with E-state index in [9.17, 15) is 5.11 Å². The predicted molar refractivity (Wildman–Crippen MR) is 77.8 cm³/mol. The fourth-order valence-corrected chi connectivity index (χ4v) is 2.04. The molecule has 0 spiro atoms. The molecule has 1 aromatic carbocycles. The predicted octanol–water partition coefficient (Wildman–Crippen LogP) is 2.98. The SMILES string of the molecule is COc1cccc(C(O)CNC(C)c2ccc(C)o2)c1. The molecule has 0 aliphatic rings. The van der Waals surface area contributed by atoms with Crippen molar-refractivity contribution < 1.29 is 14.3 Å². The molecule has 0 aliphatic carbocycles. The van der Waals surface area contributed by atoms with Crippen LogP contribution in [0.15, 0.2) is 40.8 Å². The van der Waals surface area contributed by atoms with Crippen LogP contribution in [0.4, 0.5) is 0 Å². The van der Waals surface area contributed by atoms with Gasteiger partial charge in [0.2, 0.25) is 0 Å². The van der Waals surface area contributed by atoms with E-state index in [-0.39, 0.29) is 6.04 Å². The van der Waals surface area contributed by atoms with E-state index in [4.69, 9.17) is 9.15 Å². The van der Waals surface area contributed by atoms with Gasteiger partial charge in [-0.2, -0.15) is 0 Å². The molecule has 108 valence electrons. The number of methoxy groups -OCH3 is 1. The van der Waals surface area contributed by atoms with Crippen LogP contribution in [0.3, 0.4) is 0 Å². The lowest BCUT2D eigenvalue weighted by molar-refractivity contribution is 0.168. The van der Waals surface area contributed by atoms with Crippen LogP contribution in [-0.2, 0) is 0 Å². The minimum atomic E-state index is -0.580. The Hall–Kier alpha value is -1.78. The molecule has 2 N–H and O–H groups in total. The molecule has 0 bridgehead atoms. The van der Waals surface area contributed by atoms with E-state index in [1.165, 1.54) is 0 Å². The minimum Gasteiger partial charge on any atom is -0.497 e. The zero-order valence-electron chi connectivity index (χ0n) is 12.1. The van der Waals surface area contributed by atoms with Gasteiger partial charge in [0.25, 0.3) is 0 Å². The molecule has 2 aromatic rings. The zero-order valence-corrected chi connectivity index (χ0v) is 12.1. The Labute approximate surface area is 119 Å². The third kappa shape index (κ3) is 3.62. The molecule has 0 radical (unpaired) electrons. The Kier molecular flexibility index (Phi) is 4.82. The van der Waals surface area contributed by atoms with Crippen molar-refractivity contribution in [3.63, 3.8) is 0 Å². The third-order valence-corrected chi connectivity index (χ3v) is 3.28. The number of benzene rings is 1. The Morgan fingerprint density at radius 3 is 2.75 bits per heavy atom. The summed E-state index contributed by atoms with van der Waals surface area (Å²) in [6, 6.07) is 11.4. The number of nitrogens with one attached hydrogen (secondary N) is 1. The summed E-state index contributed by atoms with van der Waals surface area (Å²) in [5.74, 6) is 2.51. The Morgan fingerprint density at radius 1 is 1.30 bits per heavy atom. The van der Waals surface area contributed by atoms with E-state index in [1.54, 1.807) is 7.11 Å². The van der Waals surface area contributed by atoms with Crippen molar-refractivity contribution in [1.29, 1.82) is 0 Å². The van der Waals surface area contributed by atoms with Crippen LogP contribution in [0.2, 0.25) is 0 Å². The van der Waals surface area contributed by atoms with Crippen LogP contribution >= 0.6 is 0 Å². The van der Waals surface area contributed by atoms with Gasteiger partial charge in [-0.15, -0.1) is 0 Å². The van der Waals surface area contributed by atoms with Crippen LogP contribution in [0.25, 0.3) is 0 Å². The van der Waals surface area contributed by atoms with Gasteiger partial charge in [-0.3, -0.25) is 0 Å². The van der Waals surface area contributed by atoms with Crippen molar-refractivity contribution in [3.8, 4) is 5.75 Å². The van der Waals surface area contributed by atoms with Gasteiger partial charge in [0.05, 0.1) is 19.3 Å². The number of aliphatic hydroxyl groups excluding tert-OH is 1. The Morgan fingerprint density at radius 2 is 2.10 bits per heavy atom. The van der Waals surface area contributed by atoms with Gasteiger partial charge in [0, 0.05) is 6.54 Å². The number of ether oxygens (including phenoxy) is 1. The quantitative estimate of drug-likeness (QED) is 0.851. The maximum atomic E-state index is 10.2. The molecule has 20 heavy (non-hydrogen) atoms. The average Bonchev–Trinajstić information content (AvgIpc) is 2.91. The van der Waals surface area contributed by atoms with Gasteiger partial charge in [-0.05, 0) is 43.7 Å². The van der Waals surface area contributed by atoms with Crippen molar-refractivity contribution in [1.82, 2.24) is 5.32 Å². The molecule has 0 saturated heterocycles. The highest BCUT2D eigenvalue weighted by Crippen LogP contribution is 2.20. The second-order valence-electron chi connectivity index (χ2n) is 4.87. The Balaban J connectivity index is 1.92. The first-order valence-electron chi connectivity index (χ1n) is 6.72. The maximum Gasteiger partial charge on any atom is 0.120 e. The minimum absolute atomic E-state index is 0.0592.